The minimum atomic E-state index is 0.262. The van der Waals surface area contributed by atoms with Crippen molar-refractivity contribution in [2.75, 3.05) is 13.2 Å². The van der Waals surface area contributed by atoms with Crippen molar-refractivity contribution in [1.29, 1.82) is 0 Å². The van der Waals surface area contributed by atoms with Crippen molar-refractivity contribution in [3.05, 3.63) is 18.0 Å². The van der Waals surface area contributed by atoms with Crippen LogP contribution in [0.1, 0.15) is 64.5 Å². The van der Waals surface area contributed by atoms with E-state index in [1.165, 1.54) is 37.7 Å². The summed E-state index contributed by atoms with van der Waals surface area (Å²) in [4.78, 5) is 0. The third-order valence-electron chi connectivity index (χ3n) is 4.56. The summed E-state index contributed by atoms with van der Waals surface area (Å²) in [6, 6.07) is 0.262. The minimum Gasteiger partial charge on any atom is -0.376 e. The van der Waals surface area contributed by atoms with Gasteiger partial charge >= 0.3 is 0 Å². The molecular weight excluding hydrogens is 262 g/mol. The molecule has 1 aromatic heterocycles. The van der Waals surface area contributed by atoms with E-state index in [1.54, 1.807) is 0 Å². The van der Waals surface area contributed by atoms with Gasteiger partial charge in [0.2, 0.25) is 0 Å². The van der Waals surface area contributed by atoms with Gasteiger partial charge in [0.25, 0.3) is 0 Å². The van der Waals surface area contributed by atoms with Crippen LogP contribution in [0.5, 0.6) is 0 Å². The van der Waals surface area contributed by atoms with Gasteiger partial charge in [0.15, 0.2) is 0 Å². The number of hydrogen-bond donors (Lipinski definition) is 1. The molecule has 0 aromatic carbocycles. The second-order valence-corrected chi connectivity index (χ2v) is 5.98. The van der Waals surface area contributed by atoms with Crippen molar-refractivity contribution in [1.82, 2.24) is 15.1 Å². The maximum atomic E-state index is 6.19. The molecule has 0 bridgehead atoms. The van der Waals surface area contributed by atoms with Crippen LogP contribution >= 0.6 is 0 Å². The van der Waals surface area contributed by atoms with Gasteiger partial charge < -0.3 is 10.1 Å². The molecule has 0 saturated heterocycles. The first kappa shape index (κ1) is 16.5. The molecule has 2 rings (SSSR count). The van der Waals surface area contributed by atoms with Crippen LogP contribution in [0.4, 0.5) is 0 Å². The van der Waals surface area contributed by atoms with Gasteiger partial charge in [-0.25, -0.2) is 0 Å². The highest BCUT2D eigenvalue weighted by atomic mass is 16.5. The Morgan fingerprint density at radius 2 is 2.05 bits per heavy atom. The molecule has 1 aliphatic rings. The van der Waals surface area contributed by atoms with Crippen LogP contribution in [-0.2, 0) is 11.3 Å². The average molecular weight is 293 g/mol. The molecule has 21 heavy (non-hydrogen) atoms. The zero-order valence-corrected chi connectivity index (χ0v) is 13.8. The largest absolute Gasteiger partial charge is 0.376 e. The van der Waals surface area contributed by atoms with E-state index in [1.807, 2.05) is 10.9 Å². The van der Waals surface area contributed by atoms with Gasteiger partial charge in [0, 0.05) is 24.9 Å². The van der Waals surface area contributed by atoms with E-state index < -0.39 is 0 Å². The molecule has 0 radical (unpaired) electrons. The number of rotatable bonds is 8. The van der Waals surface area contributed by atoms with Crippen LogP contribution in [0.2, 0.25) is 0 Å². The average Bonchev–Trinajstić information content (AvgIpc) is 3.00. The molecule has 4 nitrogen and oxygen atoms in total. The van der Waals surface area contributed by atoms with Crippen molar-refractivity contribution in [3.63, 3.8) is 0 Å². The van der Waals surface area contributed by atoms with Gasteiger partial charge in [-0.3, -0.25) is 4.68 Å². The van der Waals surface area contributed by atoms with Gasteiger partial charge in [-0.2, -0.15) is 5.10 Å². The summed E-state index contributed by atoms with van der Waals surface area (Å²) in [6.45, 7) is 9.06. The van der Waals surface area contributed by atoms with Crippen LogP contribution in [0.3, 0.4) is 0 Å². The molecule has 1 heterocycles. The molecule has 1 saturated carbocycles. The number of nitrogens with zero attached hydrogens (tertiary/aromatic N) is 2. The van der Waals surface area contributed by atoms with Crippen LogP contribution < -0.4 is 5.32 Å². The Morgan fingerprint density at radius 1 is 1.29 bits per heavy atom. The van der Waals surface area contributed by atoms with Gasteiger partial charge in [0.05, 0.1) is 18.3 Å². The molecule has 2 atom stereocenters. The fourth-order valence-electron chi connectivity index (χ4n) is 3.52. The van der Waals surface area contributed by atoms with Crippen molar-refractivity contribution < 1.29 is 4.74 Å². The summed E-state index contributed by atoms with van der Waals surface area (Å²) in [5.74, 6) is 0.674. The van der Waals surface area contributed by atoms with E-state index in [2.05, 4.69) is 37.4 Å². The first-order chi connectivity index (χ1) is 10.3. The van der Waals surface area contributed by atoms with Crippen LogP contribution in [0, 0.1) is 5.92 Å². The van der Waals surface area contributed by atoms with Crippen molar-refractivity contribution in [2.24, 2.45) is 5.92 Å². The summed E-state index contributed by atoms with van der Waals surface area (Å²) < 4.78 is 8.20. The smallest absolute Gasteiger partial charge is 0.0798 e. The van der Waals surface area contributed by atoms with E-state index in [-0.39, 0.29) is 12.1 Å². The van der Waals surface area contributed by atoms with E-state index in [9.17, 15) is 0 Å². The molecule has 0 aliphatic heterocycles. The highest BCUT2D eigenvalue weighted by molar-refractivity contribution is 5.13. The SMILES string of the molecule is CCNC(c1cnn(CC)c1)C(OCC)C1CCCCC1. The highest BCUT2D eigenvalue weighted by Crippen LogP contribution is 2.34. The van der Waals surface area contributed by atoms with E-state index in [4.69, 9.17) is 4.74 Å². The first-order valence-electron chi connectivity index (χ1n) is 8.67. The first-order valence-corrected chi connectivity index (χ1v) is 8.67. The second-order valence-electron chi connectivity index (χ2n) is 5.98. The maximum absolute atomic E-state index is 6.19. The van der Waals surface area contributed by atoms with Crippen LogP contribution in [-0.4, -0.2) is 29.0 Å². The van der Waals surface area contributed by atoms with Gasteiger partial charge in [-0.15, -0.1) is 0 Å². The Bertz CT molecular complexity index is 398. The molecule has 2 unspecified atom stereocenters. The predicted octanol–water partition coefficient (Wildman–Crippen LogP) is 3.54. The number of nitrogens with one attached hydrogen (secondary N) is 1. The van der Waals surface area contributed by atoms with Crippen molar-refractivity contribution in [2.45, 2.75) is 71.6 Å². The Kier molecular flexibility index (Phi) is 6.71. The van der Waals surface area contributed by atoms with Crippen molar-refractivity contribution in [3.8, 4) is 0 Å². The van der Waals surface area contributed by atoms with Crippen molar-refractivity contribution >= 4 is 0 Å². The Morgan fingerprint density at radius 3 is 2.62 bits per heavy atom. The van der Waals surface area contributed by atoms with E-state index >= 15 is 0 Å². The molecule has 1 fully saturated rings. The number of aryl methyl sites for hydroxylation is 1. The Balaban J connectivity index is 2.17. The summed E-state index contributed by atoms with van der Waals surface area (Å²) >= 11 is 0. The standard InChI is InChI=1S/C17H31N3O/c1-4-18-16(15-12-19-20(5-2)13-15)17(21-6-3)14-10-8-7-9-11-14/h12-14,16-18H,4-11H2,1-3H3. The summed E-state index contributed by atoms with van der Waals surface area (Å²) in [6.07, 6.45) is 11.1. The summed E-state index contributed by atoms with van der Waals surface area (Å²) in [5, 5.41) is 8.09. The van der Waals surface area contributed by atoms with E-state index in [0.717, 1.165) is 19.7 Å². The lowest BCUT2D eigenvalue weighted by molar-refractivity contribution is -0.0180. The van der Waals surface area contributed by atoms with Gasteiger partial charge in [0.1, 0.15) is 0 Å². The van der Waals surface area contributed by atoms with Gasteiger partial charge in [-0.05, 0) is 39.2 Å². The minimum absolute atomic E-state index is 0.262. The second kappa shape index (κ2) is 8.54. The molecule has 1 aromatic rings. The zero-order chi connectivity index (χ0) is 15.1. The normalized spacial score (nSPS) is 19.6. The Hall–Kier alpha value is -0.870. The maximum Gasteiger partial charge on any atom is 0.0798 e. The molecule has 120 valence electrons. The lowest BCUT2D eigenvalue weighted by atomic mass is 9.81. The number of aromatic nitrogens is 2. The lowest BCUT2D eigenvalue weighted by Gasteiger charge is -2.35. The molecule has 4 heteroatoms. The predicted molar refractivity (Wildman–Crippen MR) is 86.3 cm³/mol. The van der Waals surface area contributed by atoms with E-state index in [0.29, 0.717) is 5.92 Å². The molecule has 1 N–H and O–H groups in total. The number of hydrogen-bond acceptors (Lipinski definition) is 3. The fraction of sp³-hybridized carbons (Fsp3) is 0.824. The van der Waals surface area contributed by atoms with Crippen LogP contribution in [0.25, 0.3) is 0 Å². The third kappa shape index (κ3) is 4.30. The highest BCUT2D eigenvalue weighted by Gasteiger charge is 2.32. The summed E-state index contributed by atoms with van der Waals surface area (Å²) in [7, 11) is 0. The quantitative estimate of drug-likeness (QED) is 0.797. The molecule has 1 aliphatic carbocycles. The number of ether oxygens (including phenoxy) is 1. The zero-order valence-electron chi connectivity index (χ0n) is 13.8. The third-order valence-corrected chi connectivity index (χ3v) is 4.56. The fourth-order valence-corrected chi connectivity index (χ4v) is 3.52. The summed E-state index contributed by atoms with van der Waals surface area (Å²) in [5.41, 5.74) is 1.27. The molecule has 0 amide bonds. The number of likely N-dealkylation sites (N-methyl/N-ethyl adjacent to an activating group) is 1. The molecular formula is C17H31N3O. The topological polar surface area (TPSA) is 39.1 Å². The monoisotopic (exact) mass is 293 g/mol. The lowest BCUT2D eigenvalue weighted by Crippen LogP contribution is -2.39. The van der Waals surface area contributed by atoms with Gasteiger partial charge in [-0.1, -0.05) is 26.2 Å². The molecule has 0 spiro atoms. The van der Waals surface area contributed by atoms with Crippen LogP contribution in [0.15, 0.2) is 12.4 Å². The Labute approximate surface area is 129 Å².